The van der Waals surface area contributed by atoms with E-state index in [1.54, 1.807) is 24.3 Å². The molecule has 0 amide bonds. The summed E-state index contributed by atoms with van der Waals surface area (Å²) < 4.78 is 37.2. The van der Waals surface area contributed by atoms with Gasteiger partial charge in [-0.2, -0.15) is 4.72 Å². The number of halogens is 1. The normalized spacial score (nSPS) is 10.6. The van der Waals surface area contributed by atoms with Gasteiger partial charge in [0.15, 0.2) is 11.5 Å². The van der Waals surface area contributed by atoms with Gasteiger partial charge >= 0.3 is 0 Å². The van der Waals surface area contributed by atoms with E-state index in [1.807, 2.05) is 0 Å². The molecule has 0 aliphatic heterocycles. The lowest BCUT2D eigenvalue weighted by atomic mass is 10.2. The highest BCUT2D eigenvalue weighted by molar-refractivity contribution is 7.89. The molecule has 0 aliphatic carbocycles. The number of methoxy groups -OCH3 is 2. The first-order valence-corrected chi connectivity index (χ1v) is 8.78. The van der Waals surface area contributed by atoms with Gasteiger partial charge in [0.1, 0.15) is 0 Å². The first kappa shape index (κ1) is 18.1. The first-order valence-electron chi connectivity index (χ1n) is 6.92. The van der Waals surface area contributed by atoms with Crippen LogP contribution in [0, 0.1) is 11.8 Å². The highest BCUT2D eigenvalue weighted by atomic mass is 35.5. The zero-order valence-electron chi connectivity index (χ0n) is 13.2. The van der Waals surface area contributed by atoms with E-state index in [1.165, 1.54) is 32.4 Å². The summed E-state index contributed by atoms with van der Waals surface area (Å²) in [5, 5.41) is 0.577. The van der Waals surface area contributed by atoms with Gasteiger partial charge in [-0.25, -0.2) is 8.42 Å². The third kappa shape index (κ3) is 4.65. The number of ether oxygens (including phenoxy) is 2. The molecule has 0 aliphatic rings. The maximum atomic E-state index is 12.3. The van der Waals surface area contributed by atoms with Crippen molar-refractivity contribution < 1.29 is 17.9 Å². The quantitative estimate of drug-likeness (QED) is 0.827. The maximum absolute atomic E-state index is 12.3. The van der Waals surface area contributed by atoms with E-state index in [9.17, 15) is 8.42 Å². The van der Waals surface area contributed by atoms with Gasteiger partial charge < -0.3 is 9.47 Å². The molecular formula is C17H16ClNO4S. The predicted octanol–water partition coefficient (Wildman–Crippen LogP) is 2.69. The molecule has 0 atom stereocenters. The van der Waals surface area contributed by atoms with Crippen LogP contribution in [0.4, 0.5) is 0 Å². The molecule has 0 unspecified atom stereocenters. The van der Waals surface area contributed by atoms with Gasteiger partial charge in [0.2, 0.25) is 10.0 Å². The van der Waals surface area contributed by atoms with Crippen molar-refractivity contribution in [1.29, 1.82) is 0 Å². The average Bonchev–Trinajstić information content (AvgIpc) is 2.58. The van der Waals surface area contributed by atoms with E-state index >= 15 is 0 Å². The second-order valence-corrected chi connectivity index (χ2v) is 6.86. The summed E-state index contributed by atoms with van der Waals surface area (Å²) in [7, 11) is -0.770. The molecule has 126 valence electrons. The predicted molar refractivity (Wildman–Crippen MR) is 93.1 cm³/mol. The number of nitrogens with one attached hydrogen (secondary N) is 1. The summed E-state index contributed by atoms with van der Waals surface area (Å²) in [6.07, 6.45) is 0. The fraction of sp³-hybridized carbons (Fsp3) is 0.176. The van der Waals surface area contributed by atoms with E-state index in [4.69, 9.17) is 21.1 Å². The van der Waals surface area contributed by atoms with E-state index < -0.39 is 10.0 Å². The molecule has 0 bridgehead atoms. The average molecular weight is 366 g/mol. The van der Waals surface area contributed by atoms with Gasteiger partial charge in [0.05, 0.1) is 25.7 Å². The van der Waals surface area contributed by atoms with Crippen LogP contribution in [0.5, 0.6) is 11.5 Å². The van der Waals surface area contributed by atoms with Crippen LogP contribution in [0.15, 0.2) is 47.4 Å². The van der Waals surface area contributed by atoms with Crippen molar-refractivity contribution >= 4 is 21.6 Å². The van der Waals surface area contributed by atoms with Gasteiger partial charge in [-0.1, -0.05) is 29.5 Å². The molecule has 0 saturated carbocycles. The lowest BCUT2D eigenvalue weighted by Crippen LogP contribution is -2.24. The van der Waals surface area contributed by atoms with Crippen molar-refractivity contribution in [3.05, 3.63) is 53.1 Å². The standard InChI is InChI=1S/C17H16ClNO4S/c1-22-16-9-8-15(12-17(16)23-2)24(20,21)19-10-4-6-13-5-3-7-14(18)11-13/h3,5,7-9,11-12,19H,10H2,1-2H3. The van der Waals surface area contributed by atoms with Crippen molar-refractivity contribution in [3.8, 4) is 23.3 Å². The molecule has 0 fully saturated rings. The number of rotatable bonds is 5. The Balaban J connectivity index is 2.09. The van der Waals surface area contributed by atoms with Crippen molar-refractivity contribution in [1.82, 2.24) is 4.72 Å². The van der Waals surface area contributed by atoms with Crippen LogP contribution in [-0.4, -0.2) is 29.2 Å². The maximum Gasteiger partial charge on any atom is 0.241 e. The van der Waals surface area contributed by atoms with Crippen LogP contribution in [0.2, 0.25) is 5.02 Å². The third-order valence-corrected chi connectivity index (χ3v) is 4.71. The summed E-state index contributed by atoms with van der Waals surface area (Å²) in [5.74, 6) is 6.39. The lowest BCUT2D eigenvalue weighted by molar-refractivity contribution is 0.354. The molecule has 0 aromatic heterocycles. The van der Waals surface area contributed by atoms with Crippen LogP contribution in [0.25, 0.3) is 0 Å². The molecule has 0 spiro atoms. The highest BCUT2D eigenvalue weighted by Gasteiger charge is 2.16. The van der Waals surface area contributed by atoms with Crippen molar-refractivity contribution in [2.75, 3.05) is 20.8 Å². The monoisotopic (exact) mass is 365 g/mol. The molecule has 7 heteroatoms. The Bertz CT molecular complexity index is 885. The molecule has 2 rings (SSSR count). The molecular weight excluding hydrogens is 350 g/mol. The van der Waals surface area contributed by atoms with E-state index in [0.29, 0.717) is 22.1 Å². The zero-order valence-corrected chi connectivity index (χ0v) is 14.7. The summed E-state index contributed by atoms with van der Waals surface area (Å²) in [4.78, 5) is 0.0738. The molecule has 2 aromatic carbocycles. The Hall–Kier alpha value is -2.20. The van der Waals surface area contributed by atoms with Crippen molar-refractivity contribution in [2.24, 2.45) is 0 Å². The molecule has 5 nitrogen and oxygen atoms in total. The van der Waals surface area contributed by atoms with Gasteiger partial charge in [0.25, 0.3) is 0 Å². The van der Waals surface area contributed by atoms with Crippen LogP contribution in [-0.2, 0) is 10.0 Å². The highest BCUT2D eigenvalue weighted by Crippen LogP contribution is 2.29. The third-order valence-electron chi connectivity index (χ3n) is 3.07. The molecule has 0 saturated heterocycles. The second-order valence-electron chi connectivity index (χ2n) is 4.65. The Labute approximate surface area is 146 Å². The van der Waals surface area contributed by atoms with E-state index in [2.05, 4.69) is 16.6 Å². The van der Waals surface area contributed by atoms with Gasteiger partial charge in [0, 0.05) is 16.7 Å². The zero-order chi connectivity index (χ0) is 17.6. The fourth-order valence-corrected chi connectivity index (χ4v) is 3.04. The van der Waals surface area contributed by atoms with Gasteiger partial charge in [-0.15, -0.1) is 0 Å². The second kappa shape index (κ2) is 8.06. The van der Waals surface area contributed by atoms with E-state index in [-0.39, 0.29) is 11.4 Å². The molecule has 0 heterocycles. The van der Waals surface area contributed by atoms with Crippen LogP contribution >= 0.6 is 11.6 Å². The number of hydrogen-bond donors (Lipinski definition) is 1. The first-order chi connectivity index (χ1) is 11.5. The minimum absolute atomic E-state index is 0.0246. The van der Waals surface area contributed by atoms with Crippen molar-refractivity contribution in [2.45, 2.75) is 4.90 Å². The number of sulfonamides is 1. The largest absolute Gasteiger partial charge is 0.493 e. The Morgan fingerprint density at radius 3 is 2.50 bits per heavy atom. The Morgan fingerprint density at radius 2 is 1.83 bits per heavy atom. The summed E-state index contributed by atoms with van der Waals surface area (Å²) in [5.41, 5.74) is 0.716. The summed E-state index contributed by atoms with van der Waals surface area (Å²) >= 11 is 5.86. The van der Waals surface area contributed by atoms with Crippen LogP contribution < -0.4 is 14.2 Å². The minimum atomic E-state index is -3.69. The Kier molecular flexibility index (Phi) is 6.10. The topological polar surface area (TPSA) is 64.6 Å². The Morgan fingerprint density at radius 1 is 1.08 bits per heavy atom. The number of hydrogen-bond acceptors (Lipinski definition) is 4. The van der Waals surface area contributed by atoms with Crippen LogP contribution in [0.3, 0.4) is 0 Å². The summed E-state index contributed by atoms with van der Waals surface area (Å²) in [6.45, 7) is -0.0246. The minimum Gasteiger partial charge on any atom is -0.493 e. The molecule has 1 N–H and O–H groups in total. The van der Waals surface area contributed by atoms with Gasteiger partial charge in [-0.05, 0) is 30.3 Å². The van der Waals surface area contributed by atoms with Crippen molar-refractivity contribution in [3.63, 3.8) is 0 Å². The van der Waals surface area contributed by atoms with E-state index in [0.717, 1.165) is 0 Å². The molecule has 2 aromatic rings. The van der Waals surface area contributed by atoms with Crippen LogP contribution in [0.1, 0.15) is 5.56 Å². The smallest absolute Gasteiger partial charge is 0.241 e. The molecule has 24 heavy (non-hydrogen) atoms. The molecule has 0 radical (unpaired) electrons. The summed E-state index contributed by atoms with van der Waals surface area (Å²) in [6, 6.07) is 11.4. The fourth-order valence-electron chi connectivity index (χ4n) is 1.91. The lowest BCUT2D eigenvalue weighted by Gasteiger charge is -2.10. The SMILES string of the molecule is COc1ccc(S(=O)(=O)NCC#Cc2cccc(Cl)c2)cc1OC. The number of benzene rings is 2. The van der Waals surface area contributed by atoms with Gasteiger partial charge in [-0.3, -0.25) is 0 Å².